The first-order valence-corrected chi connectivity index (χ1v) is 17.6. The van der Waals surface area contributed by atoms with E-state index in [4.69, 9.17) is 25.8 Å². The Kier molecular flexibility index (Phi) is 12.9. The molecule has 0 bridgehead atoms. The van der Waals surface area contributed by atoms with E-state index in [1.807, 2.05) is 51.1 Å². The van der Waals surface area contributed by atoms with E-state index in [1.54, 1.807) is 48.5 Å². The first-order chi connectivity index (χ1) is 23.5. The van der Waals surface area contributed by atoms with E-state index in [1.165, 1.54) is 37.3 Å². The molecular formula is C37H42ClN3O7S. The fourth-order valence-electron chi connectivity index (χ4n) is 5.25. The van der Waals surface area contributed by atoms with Gasteiger partial charge < -0.3 is 24.4 Å². The number of hydrogen-bond acceptors (Lipinski definition) is 7. The van der Waals surface area contributed by atoms with Crippen LogP contribution in [-0.2, 0) is 32.6 Å². The molecule has 0 aliphatic carbocycles. The van der Waals surface area contributed by atoms with E-state index in [-0.39, 0.29) is 41.2 Å². The number of benzene rings is 4. The Morgan fingerprint density at radius 2 is 1.51 bits per heavy atom. The van der Waals surface area contributed by atoms with Crippen LogP contribution in [0.5, 0.6) is 17.2 Å². The first kappa shape index (κ1) is 37.1. The van der Waals surface area contributed by atoms with Crippen LogP contribution in [-0.4, -0.2) is 64.6 Å². The van der Waals surface area contributed by atoms with Crippen molar-refractivity contribution < 1.29 is 32.2 Å². The molecule has 0 aliphatic rings. The number of rotatable bonds is 16. The molecule has 0 heterocycles. The normalized spacial score (nSPS) is 11.8. The summed E-state index contributed by atoms with van der Waals surface area (Å²) in [4.78, 5) is 29.8. The van der Waals surface area contributed by atoms with Gasteiger partial charge in [0.15, 0.2) is 11.5 Å². The second-order valence-electron chi connectivity index (χ2n) is 11.4. The van der Waals surface area contributed by atoms with Crippen LogP contribution in [0.1, 0.15) is 31.9 Å². The highest BCUT2D eigenvalue weighted by Crippen LogP contribution is 2.33. The molecule has 0 radical (unpaired) electrons. The predicted molar refractivity (Wildman–Crippen MR) is 191 cm³/mol. The molecule has 0 saturated heterocycles. The number of hydrogen-bond donors (Lipinski definition) is 1. The largest absolute Gasteiger partial charge is 0.494 e. The van der Waals surface area contributed by atoms with Gasteiger partial charge in [-0.25, -0.2) is 8.42 Å². The van der Waals surface area contributed by atoms with Gasteiger partial charge >= 0.3 is 0 Å². The number of amides is 2. The zero-order valence-electron chi connectivity index (χ0n) is 28.3. The van der Waals surface area contributed by atoms with Gasteiger partial charge in [0, 0.05) is 30.1 Å². The molecule has 0 spiro atoms. The Morgan fingerprint density at radius 1 is 0.857 bits per heavy atom. The lowest BCUT2D eigenvalue weighted by atomic mass is 10.0. The fourth-order valence-corrected chi connectivity index (χ4v) is 6.88. The number of carbonyl (C=O) groups is 2. The van der Waals surface area contributed by atoms with Crippen molar-refractivity contribution in [2.24, 2.45) is 0 Å². The van der Waals surface area contributed by atoms with Gasteiger partial charge in [0.05, 0.1) is 31.4 Å². The highest BCUT2D eigenvalue weighted by molar-refractivity contribution is 7.92. The summed E-state index contributed by atoms with van der Waals surface area (Å²) in [6.07, 6.45) is 0.182. The summed E-state index contributed by atoms with van der Waals surface area (Å²) < 4.78 is 46.2. The molecule has 0 unspecified atom stereocenters. The number of nitrogens with zero attached hydrogens (tertiary/aromatic N) is 2. The molecular weight excluding hydrogens is 666 g/mol. The molecule has 2 amide bonds. The number of carbonyl (C=O) groups excluding carboxylic acids is 2. The second-order valence-corrected chi connectivity index (χ2v) is 13.7. The van der Waals surface area contributed by atoms with Crippen LogP contribution in [0.2, 0.25) is 5.02 Å². The summed E-state index contributed by atoms with van der Waals surface area (Å²) in [6.45, 7) is 5.26. The summed E-state index contributed by atoms with van der Waals surface area (Å²) in [7, 11) is -1.53. The van der Waals surface area contributed by atoms with Crippen molar-refractivity contribution >= 4 is 39.1 Å². The van der Waals surface area contributed by atoms with Crippen molar-refractivity contribution in [3.63, 3.8) is 0 Å². The molecule has 0 aliphatic heterocycles. The smallest absolute Gasteiger partial charge is 0.264 e. The molecule has 1 N–H and O–H groups in total. The lowest BCUT2D eigenvalue weighted by molar-refractivity contribution is -0.140. The van der Waals surface area contributed by atoms with Gasteiger partial charge in [-0.15, -0.1) is 0 Å². The quantitative estimate of drug-likeness (QED) is 0.149. The van der Waals surface area contributed by atoms with Crippen LogP contribution in [0.15, 0.2) is 102 Å². The molecule has 0 aromatic heterocycles. The summed E-state index contributed by atoms with van der Waals surface area (Å²) in [5.74, 6) is 0.0909. The third-order valence-corrected chi connectivity index (χ3v) is 9.80. The van der Waals surface area contributed by atoms with Crippen LogP contribution in [0, 0.1) is 0 Å². The number of ether oxygens (including phenoxy) is 3. The van der Waals surface area contributed by atoms with Gasteiger partial charge in [-0.05, 0) is 74.4 Å². The summed E-state index contributed by atoms with van der Waals surface area (Å²) in [6, 6.07) is 25.8. The highest BCUT2D eigenvalue weighted by atomic mass is 35.5. The molecule has 4 aromatic rings. The molecule has 4 rings (SSSR count). The second kappa shape index (κ2) is 17.1. The minimum Gasteiger partial charge on any atom is -0.494 e. The average Bonchev–Trinajstić information content (AvgIpc) is 3.09. The SMILES string of the molecule is CCOc1ccc(N(CC(=O)N(Cc2ccccc2Cl)[C@H](Cc2ccccc2)C(=O)NC(C)C)S(=O)(=O)c2ccc(OC)c(OC)c2)cc1. The molecule has 4 aromatic carbocycles. The average molecular weight is 708 g/mol. The first-order valence-electron chi connectivity index (χ1n) is 15.8. The monoisotopic (exact) mass is 707 g/mol. The van der Waals surface area contributed by atoms with Crippen molar-refractivity contribution in [1.82, 2.24) is 10.2 Å². The highest BCUT2D eigenvalue weighted by Gasteiger charge is 2.35. The van der Waals surface area contributed by atoms with E-state index >= 15 is 0 Å². The molecule has 1 atom stereocenters. The number of nitrogens with one attached hydrogen (secondary N) is 1. The fraction of sp³-hybridized carbons (Fsp3) is 0.297. The summed E-state index contributed by atoms with van der Waals surface area (Å²) >= 11 is 6.57. The minimum absolute atomic E-state index is 0.0466. The van der Waals surface area contributed by atoms with Crippen LogP contribution in [0.4, 0.5) is 5.69 Å². The maximum absolute atomic E-state index is 14.7. The van der Waals surface area contributed by atoms with Crippen molar-refractivity contribution in [3.05, 3.63) is 113 Å². The van der Waals surface area contributed by atoms with Crippen molar-refractivity contribution in [3.8, 4) is 17.2 Å². The molecule has 0 saturated carbocycles. The Balaban J connectivity index is 1.84. The molecule has 0 fully saturated rings. The van der Waals surface area contributed by atoms with E-state index < -0.39 is 28.5 Å². The van der Waals surface area contributed by atoms with Crippen molar-refractivity contribution in [2.45, 2.75) is 50.7 Å². The Morgan fingerprint density at radius 3 is 2.12 bits per heavy atom. The van der Waals surface area contributed by atoms with E-state index in [9.17, 15) is 18.0 Å². The van der Waals surface area contributed by atoms with Crippen LogP contribution in [0.3, 0.4) is 0 Å². The Bertz CT molecular complexity index is 1820. The van der Waals surface area contributed by atoms with Gasteiger partial charge in [-0.1, -0.05) is 60.1 Å². The van der Waals surface area contributed by atoms with E-state index in [2.05, 4.69) is 5.32 Å². The van der Waals surface area contributed by atoms with Crippen LogP contribution >= 0.6 is 11.6 Å². The molecule has 260 valence electrons. The third-order valence-electron chi connectivity index (χ3n) is 7.66. The topological polar surface area (TPSA) is 114 Å². The van der Waals surface area contributed by atoms with Gasteiger partial charge in [-0.2, -0.15) is 0 Å². The zero-order chi connectivity index (χ0) is 35.6. The van der Waals surface area contributed by atoms with Crippen molar-refractivity contribution in [1.29, 1.82) is 0 Å². The molecule has 12 heteroatoms. The van der Waals surface area contributed by atoms with Crippen LogP contribution < -0.4 is 23.8 Å². The Hall–Kier alpha value is -4.74. The minimum atomic E-state index is -4.39. The number of halogens is 1. The molecule has 49 heavy (non-hydrogen) atoms. The standard InChI is InChI=1S/C37H42ClN3O7S/c1-6-48-30-18-16-29(17-19-30)41(49(44,45)31-20-21-34(46-4)35(23-31)47-5)25-36(42)40(24-28-14-10-11-15-32(28)38)33(37(43)39-26(2)3)22-27-12-8-7-9-13-27/h7-21,23,26,33H,6,22,24-25H2,1-5H3,(H,39,43)/t33-/m1/s1. The van der Waals surface area contributed by atoms with E-state index in [0.29, 0.717) is 28.7 Å². The predicted octanol–water partition coefficient (Wildman–Crippen LogP) is 6.12. The number of sulfonamides is 1. The van der Waals surface area contributed by atoms with Gasteiger partial charge in [0.2, 0.25) is 11.8 Å². The number of anilines is 1. The maximum Gasteiger partial charge on any atom is 0.264 e. The Labute approximate surface area is 293 Å². The summed E-state index contributed by atoms with van der Waals surface area (Å²) in [5.41, 5.74) is 1.64. The van der Waals surface area contributed by atoms with Gasteiger partial charge in [0.1, 0.15) is 18.3 Å². The van der Waals surface area contributed by atoms with Gasteiger partial charge in [0.25, 0.3) is 10.0 Å². The van der Waals surface area contributed by atoms with Gasteiger partial charge in [-0.3, -0.25) is 13.9 Å². The number of methoxy groups -OCH3 is 2. The van der Waals surface area contributed by atoms with E-state index in [0.717, 1.165) is 9.87 Å². The third kappa shape index (κ3) is 9.45. The zero-order valence-corrected chi connectivity index (χ0v) is 29.8. The van der Waals surface area contributed by atoms with Crippen molar-refractivity contribution in [2.75, 3.05) is 31.7 Å². The van der Waals surface area contributed by atoms with Crippen LogP contribution in [0.25, 0.3) is 0 Å². The lowest BCUT2D eigenvalue weighted by Crippen LogP contribution is -2.54. The maximum atomic E-state index is 14.7. The summed E-state index contributed by atoms with van der Waals surface area (Å²) in [5, 5.41) is 3.35. The molecule has 10 nitrogen and oxygen atoms in total. The lowest BCUT2D eigenvalue weighted by Gasteiger charge is -2.34.